The van der Waals surface area contributed by atoms with Crippen LogP contribution in [0.2, 0.25) is 0 Å². The van der Waals surface area contributed by atoms with Crippen molar-refractivity contribution in [3.05, 3.63) is 0 Å². The molecule has 0 bridgehead atoms. The predicted molar refractivity (Wildman–Crippen MR) is 73.1 cm³/mol. The van der Waals surface area contributed by atoms with Gasteiger partial charge in [0, 0.05) is 12.6 Å². The van der Waals surface area contributed by atoms with Crippen molar-refractivity contribution in [3.8, 4) is 0 Å². The zero-order valence-electron chi connectivity index (χ0n) is 12.0. The normalized spacial score (nSPS) is 19.2. The lowest BCUT2D eigenvalue weighted by atomic mass is 10.1. The van der Waals surface area contributed by atoms with Crippen LogP contribution < -0.4 is 10.6 Å². The smallest absolute Gasteiger partial charge is 0.326 e. The number of carboxylic acid groups (broad SMARTS) is 1. The Kier molecular flexibility index (Phi) is 6.08. The number of urea groups is 1. The zero-order valence-corrected chi connectivity index (χ0v) is 12.0. The summed E-state index contributed by atoms with van der Waals surface area (Å²) in [6.45, 7) is 8.45. The summed E-state index contributed by atoms with van der Waals surface area (Å²) in [5, 5.41) is 14.3. The Morgan fingerprint density at radius 1 is 1.16 bits per heavy atom. The molecule has 2 amide bonds. The highest BCUT2D eigenvalue weighted by molar-refractivity contribution is 5.82. The molecular formula is C13H25N3O3. The minimum atomic E-state index is -1.00. The van der Waals surface area contributed by atoms with E-state index in [-0.39, 0.29) is 12.0 Å². The molecule has 2 atom stereocenters. The van der Waals surface area contributed by atoms with Crippen molar-refractivity contribution in [1.29, 1.82) is 0 Å². The van der Waals surface area contributed by atoms with Gasteiger partial charge in [-0.3, -0.25) is 0 Å². The summed E-state index contributed by atoms with van der Waals surface area (Å²) in [6, 6.07) is -1.24. The van der Waals surface area contributed by atoms with Gasteiger partial charge in [-0.1, -0.05) is 13.8 Å². The summed E-state index contributed by atoms with van der Waals surface area (Å²) >= 11 is 0. The average molecular weight is 271 g/mol. The molecule has 6 nitrogen and oxygen atoms in total. The van der Waals surface area contributed by atoms with Crippen LogP contribution >= 0.6 is 0 Å². The lowest BCUT2D eigenvalue weighted by Crippen LogP contribution is -2.52. The Labute approximate surface area is 114 Å². The largest absolute Gasteiger partial charge is 0.480 e. The van der Waals surface area contributed by atoms with E-state index in [2.05, 4.69) is 15.5 Å². The first-order chi connectivity index (χ1) is 8.90. The van der Waals surface area contributed by atoms with E-state index < -0.39 is 18.0 Å². The van der Waals surface area contributed by atoms with E-state index >= 15 is 0 Å². The number of hydrogen-bond acceptors (Lipinski definition) is 3. The number of nitrogens with one attached hydrogen (secondary N) is 2. The second-order valence-electron chi connectivity index (χ2n) is 5.59. The molecule has 1 heterocycles. The maximum Gasteiger partial charge on any atom is 0.326 e. The van der Waals surface area contributed by atoms with Crippen LogP contribution in [0.5, 0.6) is 0 Å². The lowest BCUT2D eigenvalue weighted by Gasteiger charge is -2.23. The third-order valence-electron chi connectivity index (χ3n) is 3.33. The minimum Gasteiger partial charge on any atom is -0.480 e. The SMILES string of the molecule is CC(CN1CCCC1)NC(=O)NC(C(=O)O)C(C)C. The summed E-state index contributed by atoms with van der Waals surface area (Å²) in [6.07, 6.45) is 2.43. The van der Waals surface area contributed by atoms with Gasteiger partial charge < -0.3 is 20.6 Å². The van der Waals surface area contributed by atoms with Gasteiger partial charge in [-0.25, -0.2) is 9.59 Å². The van der Waals surface area contributed by atoms with Crippen molar-refractivity contribution in [2.75, 3.05) is 19.6 Å². The number of carbonyl (C=O) groups is 2. The quantitative estimate of drug-likeness (QED) is 0.670. The molecule has 19 heavy (non-hydrogen) atoms. The fourth-order valence-corrected chi connectivity index (χ4v) is 2.32. The van der Waals surface area contributed by atoms with Crippen LogP contribution in [0.4, 0.5) is 4.79 Å². The van der Waals surface area contributed by atoms with Crippen molar-refractivity contribution >= 4 is 12.0 Å². The number of carboxylic acids is 1. The van der Waals surface area contributed by atoms with Crippen LogP contribution in [-0.4, -0.2) is 53.7 Å². The van der Waals surface area contributed by atoms with E-state index in [9.17, 15) is 9.59 Å². The van der Waals surface area contributed by atoms with Gasteiger partial charge in [-0.15, -0.1) is 0 Å². The van der Waals surface area contributed by atoms with Gasteiger partial charge >= 0.3 is 12.0 Å². The molecule has 0 aromatic heterocycles. The second-order valence-corrected chi connectivity index (χ2v) is 5.59. The number of nitrogens with zero attached hydrogens (tertiary/aromatic N) is 1. The van der Waals surface area contributed by atoms with E-state index in [0.717, 1.165) is 19.6 Å². The molecule has 0 saturated carbocycles. The van der Waals surface area contributed by atoms with Gasteiger partial charge in [-0.2, -0.15) is 0 Å². The molecule has 6 heteroatoms. The molecule has 0 aliphatic carbocycles. The van der Waals surface area contributed by atoms with Gasteiger partial charge in [0.25, 0.3) is 0 Å². The van der Waals surface area contributed by atoms with Crippen LogP contribution in [0.1, 0.15) is 33.6 Å². The number of aliphatic carboxylic acids is 1. The van der Waals surface area contributed by atoms with Crippen LogP contribution in [-0.2, 0) is 4.79 Å². The van der Waals surface area contributed by atoms with Gasteiger partial charge in [0.05, 0.1) is 0 Å². The molecule has 1 saturated heterocycles. The summed E-state index contributed by atoms with van der Waals surface area (Å²) in [5.41, 5.74) is 0. The van der Waals surface area contributed by atoms with Crippen molar-refractivity contribution in [3.63, 3.8) is 0 Å². The highest BCUT2D eigenvalue weighted by Gasteiger charge is 2.24. The summed E-state index contributed by atoms with van der Waals surface area (Å²) < 4.78 is 0. The molecule has 110 valence electrons. The number of amides is 2. The van der Waals surface area contributed by atoms with Gasteiger partial charge in [0.1, 0.15) is 6.04 Å². The molecule has 2 unspecified atom stereocenters. The summed E-state index contributed by atoms with van der Waals surface area (Å²) in [5.74, 6) is -1.14. The van der Waals surface area contributed by atoms with Crippen LogP contribution in [0.15, 0.2) is 0 Å². The third kappa shape index (κ3) is 5.46. The minimum absolute atomic E-state index is 0.0136. The van der Waals surface area contributed by atoms with Crippen molar-refractivity contribution in [2.45, 2.75) is 45.7 Å². The van der Waals surface area contributed by atoms with E-state index in [1.165, 1.54) is 12.8 Å². The molecule has 1 rings (SSSR count). The number of carbonyl (C=O) groups excluding carboxylic acids is 1. The summed E-state index contributed by atoms with van der Waals surface area (Å²) in [7, 11) is 0. The maximum atomic E-state index is 11.7. The Balaban J connectivity index is 2.34. The molecule has 0 aromatic carbocycles. The van der Waals surface area contributed by atoms with Gasteiger partial charge in [-0.05, 0) is 38.8 Å². The highest BCUT2D eigenvalue weighted by atomic mass is 16.4. The van der Waals surface area contributed by atoms with E-state index in [1.54, 1.807) is 13.8 Å². The molecule has 1 aliphatic heterocycles. The van der Waals surface area contributed by atoms with Gasteiger partial charge in [0.2, 0.25) is 0 Å². The average Bonchev–Trinajstić information content (AvgIpc) is 2.77. The molecule has 3 N–H and O–H groups in total. The first-order valence-corrected chi connectivity index (χ1v) is 6.92. The topological polar surface area (TPSA) is 81.7 Å². The first kappa shape index (κ1) is 15.8. The number of rotatable bonds is 6. The highest BCUT2D eigenvalue weighted by Crippen LogP contribution is 2.07. The molecule has 1 fully saturated rings. The monoisotopic (exact) mass is 271 g/mol. The second kappa shape index (κ2) is 7.33. The standard InChI is InChI=1S/C13H25N3O3/c1-9(2)11(12(17)18)15-13(19)14-10(3)8-16-6-4-5-7-16/h9-11H,4-8H2,1-3H3,(H,17,18)(H2,14,15,19). The summed E-state index contributed by atoms with van der Waals surface area (Å²) in [4.78, 5) is 25.0. The van der Waals surface area contributed by atoms with Crippen molar-refractivity contribution in [1.82, 2.24) is 15.5 Å². The molecular weight excluding hydrogens is 246 g/mol. The Hall–Kier alpha value is -1.30. The third-order valence-corrected chi connectivity index (χ3v) is 3.33. The van der Waals surface area contributed by atoms with Crippen LogP contribution in [0, 0.1) is 5.92 Å². The number of likely N-dealkylation sites (tertiary alicyclic amines) is 1. The lowest BCUT2D eigenvalue weighted by molar-refractivity contribution is -0.140. The number of hydrogen-bond donors (Lipinski definition) is 3. The molecule has 0 aromatic rings. The Bertz CT molecular complexity index is 314. The fraction of sp³-hybridized carbons (Fsp3) is 0.846. The first-order valence-electron chi connectivity index (χ1n) is 6.92. The van der Waals surface area contributed by atoms with E-state index in [4.69, 9.17) is 5.11 Å². The van der Waals surface area contributed by atoms with Crippen molar-refractivity contribution < 1.29 is 14.7 Å². The molecule has 0 spiro atoms. The Morgan fingerprint density at radius 2 is 1.74 bits per heavy atom. The van der Waals surface area contributed by atoms with Crippen LogP contribution in [0.3, 0.4) is 0 Å². The van der Waals surface area contributed by atoms with E-state index in [0.29, 0.717) is 0 Å². The maximum absolute atomic E-state index is 11.7. The molecule has 0 radical (unpaired) electrons. The van der Waals surface area contributed by atoms with Crippen molar-refractivity contribution in [2.24, 2.45) is 5.92 Å². The Morgan fingerprint density at radius 3 is 2.21 bits per heavy atom. The zero-order chi connectivity index (χ0) is 14.4. The van der Waals surface area contributed by atoms with E-state index in [1.807, 2.05) is 6.92 Å². The van der Waals surface area contributed by atoms with Gasteiger partial charge in [0.15, 0.2) is 0 Å². The fourth-order valence-electron chi connectivity index (χ4n) is 2.32. The predicted octanol–water partition coefficient (Wildman–Crippen LogP) is 0.879. The molecule has 1 aliphatic rings. The van der Waals surface area contributed by atoms with Crippen LogP contribution in [0.25, 0.3) is 0 Å².